The monoisotopic (exact) mass is 335 g/mol. The molecule has 3 rings (SSSR count). The summed E-state index contributed by atoms with van der Waals surface area (Å²) < 4.78 is 1.21. The van der Waals surface area contributed by atoms with Gasteiger partial charge in [-0.25, -0.2) is 0 Å². The predicted molar refractivity (Wildman–Crippen MR) is 89.1 cm³/mol. The molecular weight excluding hydrogens is 310 g/mol. The quantitative estimate of drug-likeness (QED) is 0.791. The van der Waals surface area contributed by atoms with Gasteiger partial charge in [-0.15, -0.1) is 0 Å². The van der Waals surface area contributed by atoms with Gasteiger partial charge in [0.15, 0.2) is 0 Å². The zero-order chi connectivity index (χ0) is 13.9. The van der Waals surface area contributed by atoms with Gasteiger partial charge in [-0.05, 0) is 62.1 Å². The first-order valence-corrected chi connectivity index (χ1v) is 9.03. The standard InChI is InChI=1S/C18H26BrN/c1-13(14-6-3-2-4-7-14)20-18-11-16(12-18)15-8-5-9-17(19)10-15/h5,8-10,13-14,16,18,20H,2-4,6-7,11-12H2,1H3/t13-,16?,18?/m1/s1. The van der Waals surface area contributed by atoms with Gasteiger partial charge in [-0.2, -0.15) is 0 Å². The first kappa shape index (κ1) is 14.6. The fourth-order valence-electron chi connectivity index (χ4n) is 3.93. The number of halogens is 1. The van der Waals surface area contributed by atoms with E-state index in [0.29, 0.717) is 6.04 Å². The van der Waals surface area contributed by atoms with E-state index in [2.05, 4.69) is 52.4 Å². The maximum Gasteiger partial charge on any atom is 0.0178 e. The lowest BCUT2D eigenvalue weighted by Gasteiger charge is -2.40. The molecule has 1 N–H and O–H groups in total. The second kappa shape index (κ2) is 6.62. The van der Waals surface area contributed by atoms with Crippen molar-refractivity contribution in [3.63, 3.8) is 0 Å². The van der Waals surface area contributed by atoms with Crippen LogP contribution in [0.2, 0.25) is 0 Å². The van der Waals surface area contributed by atoms with Crippen molar-refractivity contribution >= 4 is 15.9 Å². The lowest BCUT2D eigenvalue weighted by atomic mass is 9.75. The SMILES string of the molecule is C[C@@H](NC1CC(c2cccc(Br)c2)C1)C1CCCCC1. The second-order valence-corrected chi connectivity index (χ2v) is 7.69. The van der Waals surface area contributed by atoms with Crippen molar-refractivity contribution in [3.05, 3.63) is 34.3 Å². The molecule has 0 radical (unpaired) electrons. The molecule has 2 fully saturated rings. The highest BCUT2D eigenvalue weighted by atomic mass is 79.9. The Balaban J connectivity index is 1.46. The molecule has 2 aliphatic carbocycles. The van der Waals surface area contributed by atoms with Crippen LogP contribution in [0.4, 0.5) is 0 Å². The minimum Gasteiger partial charge on any atom is -0.311 e. The highest BCUT2D eigenvalue weighted by Gasteiger charge is 2.32. The van der Waals surface area contributed by atoms with E-state index in [1.54, 1.807) is 0 Å². The van der Waals surface area contributed by atoms with Crippen LogP contribution in [0.15, 0.2) is 28.7 Å². The van der Waals surface area contributed by atoms with Crippen molar-refractivity contribution in [1.82, 2.24) is 5.32 Å². The van der Waals surface area contributed by atoms with E-state index in [1.165, 1.54) is 55.0 Å². The lowest BCUT2D eigenvalue weighted by Crippen LogP contribution is -2.47. The number of hydrogen-bond donors (Lipinski definition) is 1. The van der Waals surface area contributed by atoms with Crippen molar-refractivity contribution in [2.24, 2.45) is 5.92 Å². The van der Waals surface area contributed by atoms with Crippen molar-refractivity contribution < 1.29 is 0 Å². The Morgan fingerprint density at radius 2 is 1.90 bits per heavy atom. The highest BCUT2D eigenvalue weighted by molar-refractivity contribution is 9.10. The summed E-state index contributed by atoms with van der Waals surface area (Å²) in [7, 11) is 0. The van der Waals surface area contributed by atoms with Gasteiger partial charge in [0, 0.05) is 16.6 Å². The van der Waals surface area contributed by atoms with E-state index in [0.717, 1.165) is 17.9 Å². The topological polar surface area (TPSA) is 12.0 Å². The third kappa shape index (κ3) is 3.46. The molecule has 0 spiro atoms. The van der Waals surface area contributed by atoms with Crippen LogP contribution in [0, 0.1) is 5.92 Å². The van der Waals surface area contributed by atoms with E-state index in [9.17, 15) is 0 Å². The molecule has 20 heavy (non-hydrogen) atoms. The summed E-state index contributed by atoms with van der Waals surface area (Å²) in [6.07, 6.45) is 9.86. The fraction of sp³-hybridized carbons (Fsp3) is 0.667. The summed E-state index contributed by atoms with van der Waals surface area (Å²) in [6, 6.07) is 10.3. The zero-order valence-electron chi connectivity index (χ0n) is 12.4. The van der Waals surface area contributed by atoms with Crippen LogP contribution in [0.25, 0.3) is 0 Å². The Labute approximate surface area is 131 Å². The molecule has 1 atom stereocenters. The maximum absolute atomic E-state index is 3.89. The van der Waals surface area contributed by atoms with Crippen LogP contribution >= 0.6 is 15.9 Å². The molecule has 2 aliphatic rings. The molecule has 0 saturated heterocycles. The molecule has 0 aromatic heterocycles. The minimum atomic E-state index is 0.712. The first-order chi connectivity index (χ1) is 9.72. The van der Waals surface area contributed by atoms with Gasteiger partial charge in [0.05, 0.1) is 0 Å². The predicted octanol–water partition coefficient (Wildman–Crippen LogP) is 5.25. The Hall–Kier alpha value is -0.340. The highest BCUT2D eigenvalue weighted by Crippen LogP contribution is 2.38. The minimum absolute atomic E-state index is 0.712. The average molecular weight is 336 g/mol. The molecule has 1 aromatic rings. The van der Waals surface area contributed by atoms with Crippen molar-refractivity contribution in [3.8, 4) is 0 Å². The van der Waals surface area contributed by atoms with Gasteiger partial charge in [0.25, 0.3) is 0 Å². The normalized spacial score (nSPS) is 28.9. The van der Waals surface area contributed by atoms with Crippen LogP contribution < -0.4 is 5.32 Å². The molecule has 2 saturated carbocycles. The van der Waals surface area contributed by atoms with Gasteiger partial charge in [-0.1, -0.05) is 47.3 Å². The van der Waals surface area contributed by atoms with Crippen molar-refractivity contribution in [1.29, 1.82) is 0 Å². The van der Waals surface area contributed by atoms with Crippen LogP contribution in [0.3, 0.4) is 0 Å². The smallest absolute Gasteiger partial charge is 0.0178 e. The Morgan fingerprint density at radius 3 is 2.60 bits per heavy atom. The number of nitrogens with one attached hydrogen (secondary N) is 1. The Bertz CT molecular complexity index is 433. The van der Waals surface area contributed by atoms with Gasteiger partial charge < -0.3 is 5.32 Å². The van der Waals surface area contributed by atoms with Crippen molar-refractivity contribution in [2.75, 3.05) is 0 Å². The molecule has 0 unspecified atom stereocenters. The summed E-state index contributed by atoms with van der Waals surface area (Å²) in [5.41, 5.74) is 1.50. The third-order valence-electron chi connectivity index (χ3n) is 5.31. The van der Waals surface area contributed by atoms with E-state index < -0.39 is 0 Å². The van der Waals surface area contributed by atoms with Crippen LogP contribution in [0.5, 0.6) is 0 Å². The molecule has 1 aromatic carbocycles. The average Bonchev–Trinajstić information content (AvgIpc) is 2.43. The van der Waals surface area contributed by atoms with Gasteiger partial charge >= 0.3 is 0 Å². The van der Waals surface area contributed by atoms with E-state index in [-0.39, 0.29) is 0 Å². The van der Waals surface area contributed by atoms with Crippen LogP contribution in [-0.4, -0.2) is 12.1 Å². The zero-order valence-corrected chi connectivity index (χ0v) is 14.0. The summed E-state index contributed by atoms with van der Waals surface area (Å²) in [5.74, 6) is 1.69. The van der Waals surface area contributed by atoms with E-state index in [4.69, 9.17) is 0 Å². The van der Waals surface area contributed by atoms with Crippen LogP contribution in [0.1, 0.15) is 63.4 Å². The van der Waals surface area contributed by atoms with E-state index in [1.807, 2.05) is 0 Å². The van der Waals surface area contributed by atoms with Gasteiger partial charge in [0.2, 0.25) is 0 Å². The molecule has 0 amide bonds. The number of benzene rings is 1. The molecule has 1 nitrogen and oxygen atoms in total. The summed E-state index contributed by atoms with van der Waals surface area (Å²) in [4.78, 5) is 0. The molecule has 0 aliphatic heterocycles. The Kier molecular flexibility index (Phi) is 4.83. The summed E-state index contributed by atoms with van der Waals surface area (Å²) >= 11 is 3.58. The van der Waals surface area contributed by atoms with Gasteiger partial charge in [0.1, 0.15) is 0 Å². The molecular formula is C18H26BrN. The number of hydrogen-bond acceptors (Lipinski definition) is 1. The molecule has 0 bridgehead atoms. The Morgan fingerprint density at radius 1 is 1.15 bits per heavy atom. The van der Waals surface area contributed by atoms with Gasteiger partial charge in [-0.3, -0.25) is 0 Å². The largest absolute Gasteiger partial charge is 0.311 e. The fourth-order valence-corrected chi connectivity index (χ4v) is 4.35. The summed E-state index contributed by atoms with van der Waals surface area (Å²) in [5, 5.41) is 3.89. The molecule has 0 heterocycles. The number of rotatable bonds is 4. The van der Waals surface area contributed by atoms with E-state index >= 15 is 0 Å². The maximum atomic E-state index is 3.89. The van der Waals surface area contributed by atoms with Crippen molar-refractivity contribution in [2.45, 2.75) is 69.9 Å². The molecule has 110 valence electrons. The third-order valence-corrected chi connectivity index (χ3v) is 5.81. The first-order valence-electron chi connectivity index (χ1n) is 8.24. The molecule has 2 heteroatoms. The second-order valence-electron chi connectivity index (χ2n) is 6.77. The summed E-state index contributed by atoms with van der Waals surface area (Å²) in [6.45, 7) is 2.41. The van der Waals surface area contributed by atoms with Crippen LogP contribution in [-0.2, 0) is 0 Å². The lowest BCUT2D eigenvalue weighted by molar-refractivity contribution is 0.211.